The minimum Gasteiger partial charge on any atom is -0.126 e. The molecule has 8 heavy (non-hydrogen) atoms. The van der Waals surface area contributed by atoms with Gasteiger partial charge in [0.2, 0.25) is 0 Å². The van der Waals surface area contributed by atoms with Gasteiger partial charge in [0.25, 0.3) is 0 Å². The van der Waals surface area contributed by atoms with Crippen LogP contribution in [-0.4, -0.2) is 0 Å². The third kappa shape index (κ3) is 1.02. The van der Waals surface area contributed by atoms with Crippen molar-refractivity contribution in [2.75, 3.05) is 0 Å². The number of hydrogen-bond donors (Lipinski definition) is 0. The van der Waals surface area contributed by atoms with Gasteiger partial charge in [0.05, 0.1) is 0 Å². The molecular weight excluding hydrogens is 96.1 g/mol. The van der Waals surface area contributed by atoms with Gasteiger partial charge in [-0.15, -0.1) is 5.73 Å². The maximum Gasteiger partial charge on any atom is -0.0155 e. The molecule has 0 N–H and O–H groups in total. The zero-order chi connectivity index (χ0) is 5.98. The fourth-order valence-corrected chi connectivity index (χ4v) is 0.925. The van der Waals surface area contributed by atoms with Crippen LogP contribution in [0.1, 0.15) is 26.7 Å². The van der Waals surface area contributed by atoms with E-state index in [1.807, 2.05) is 0 Å². The molecule has 0 radical (unpaired) electrons. The summed E-state index contributed by atoms with van der Waals surface area (Å²) in [5, 5.41) is 0. The van der Waals surface area contributed by atoms with Gasteiger partial charge < -0.3 is 0 Å². The minimum absolute atomic E-state index is 0.778. The molecule has 0 aromatic heterocycles. The van der Waals surface area contributed by atoms with Gasteiger partial charge in [-0.05, 0) is 37.3 Å². The van der Waals surface area contributed by atoms with Gasteiger partial charge in [0.1, 0.15) is 0 Å². The van der Waals surface area contributed by atoms with E-state index in [1.165, 1.54) is 18.4 Å². The van der Waals surface area contributed by atoms with Gasteiger partial charge in [-0.25, -0.2) is 0 Å². The third-order valence-electron chi connectivity index (χ3n) is 1.81. The van der Waals surface area contributed by atoms with E-state index < -0.39 is 0 Å². The lowest BCUT2D eigenvalue weighted by Gasteiger charge is -2.10. The van der Waals surface area contributed by atoms with Crippen molar-refractivity contribution >= 4 is 0 Å². The molecule has 1 aliphatic carbocycles. The van der Waals surface area contributed by atoms with E-state index in [2.05, 4.69) is 25.7 Å². The number of rotatable bonds is 0. The third-order valence-corrected chi connectivity index (χ3v) is 1.81. The molecule has 1 unspecified atom stereocenters. The van der Waals surface area contributed by atoms with Crippen molar-refractivity contribution in [3.05, 3.63) is 17.4 Å². The van der Waals surface area contributed by atoms with Crippen molar-refractivity contribution in [2.45, 2.75) is 26.7 Å². The van der Waals surface area contributed by atoms with Crippen molar-refractivity contribution in [3.8, 4) is 0 Å². The van der Waals surface area contributed by atoms with Gasteiger partial charge in [-0.1, -0.05) is 6.92 Å². The second kappa shape index (κ2) is 2.19. The summed E-state index contributed by atoms with van der Waals surface area (Å²) >= 11 is 0. The fraction of sp³-hybridized carbons (Fsp3) is 0.625. The molecule has 0 amide bonds. The van der Waals surface area contributed by atoms with Crippen molar-refractivity contribution in [1.29, 1.82) is 0 Å². The summed E-state index contributed by atoms with van der Waals surface area (Å²) in [6.45, 7) is 4.41. The highest BCUT2D eigenvalue weighted by atomic mass is 14.1. The van der Waals surface area contributed by atoms with Gasteiger partial charge in [0, 0.05) is 0 Å². The van der Waals surface area contributed by atoms with Gasteiger partial charge in [0.15, 0.2) is 0 Å². The van der Waals surface area contributed by atoms with Crippen LogP contribution in [0.2, 0.25) is 0 Å². The Labute approximate surface area is 50.9 Å². The van der Waals surface area contributed by atoms with Crippen molar-refractivity contribution in [1.82, 2.24) is 0 Å². The van der Waals surface area contributed by atoms with E-state index >= 15 is 0 Å². The van der Waals surface area contributed by atoms with Crippen LogP contribution in [0.4, 0.5) is 0 Å². The smallest absolute Gasteiger partial charge is 0.0155 e. The molecule has 0 aliphatic heterocycles. The predicted octanol–water partition coefficient (Wildman–Crippen LogP) is 2.52. The summed E-state index contributed by atoms with van der Waals surface area (Å²) in [7, 11) is 0. The molecule has 0 spiro atoms. The average molecular weight is 108 g/mol. The van der Waals surface area contributed by atoms with Crippen LogP contribution in [0.3, 0.4) is 0 Å². The quantitative estimate of drug-likeness (QED) is 0.418. The van der Waals surface area contributed by atoms with Gasteiger partial charge in [-0.2, -0.15) is 0 Å². The van der Waals surface area contributed by atoms with Crippen LogP contribution in [0.5, 0.6) is 0 Å². The standard InChI is InChI=1S/C8H12/c1-7-5-3-4-6-8(7)2/h3,8H,4,6H2,1-2H3. The molecule has 44 valence electrons. The topological polar surface area (TPSA) is 0 Å². The van der Waals surface area contributed by atoms with Gasteiger partial charge >= 0.3 is 0 Å². The van der Waals surface area contributed by atoms with E-state index in [0.29, 0.717) is 0 Å². The monoisotopic (exact) mass is 108 g/mol. The van der Waals surface area contributed by atoms with E-state index in [0.717, 1.165) is 5.92 Å². The van der Waals surface area contributed by atoms with E-state index in [1.54, 1.807) is 0 Å². The molecule has 0 saturated carbocycles. The highest BCUT2D eigenvalue weighted by Crippen LogP contribution is 2.18. The second-order valence-corrected chi connectivity index (χ2v) is 2.51. The maximum atomic E-state index is 3.22. The molecule has 1 aliphatic rings. The van der Waals surface area contributed by atoms with Crippen molar-refractivity contribution in [3.63, 3.8) is 0 Å². The lowest BCUT2D eigenvalue weighted by molar-refractivity contribution is 0.611. The Morgan fingerprint density at radius 1 is 1.75 bits per heavy atom. The molecule has 0 heterocycles. The molecule has 0 saturated heterocycles. The molecular formula is C8H12. The zero-order valence-corrected chi connectivity index (χ0v) is 5.57. The molecule has 0 heteroatoms. The molecule has 1 atom stereocenters. The molecule has 0 bridgehead atoms. The Bertz CT molecular complexity index is 136. The van der Waals surface area contributed by atoms with Crippen LogP contribution in [0, 0.1) is 5.92 Å². The maximum absolute atomic E-state index is 3.22. The van der Waals surface area contributed by atoms with Crippen molar-refractivity contribution in [2.24, 2.45) is 5.92 Å². The first-order chi connectivity index (χ1) is 3.80. The average Bonchev–Trinajstić information content (AvgIpc) is 1.77. The first-order valence-corrected chi connectivity index (χ1v) is 3.22. The highest BCUT2D eigenvalue weighted by Gasteiger charge is 2.04. The fourth-order valence-electron chi connectivity index (χ4n) is 0.925. The summed E-state index contributed by atoms with van der Waals surface area (Å²) in [5.41, 5.74) is 4.64. The Morgan fingerprint density at radius 2 is 2.50 bits per heavy atom. The van der Waals surface area contributed by atoms with E-state index in [-0.39, 0.29) is 0 Å². The Kier molecular flexibility index (Phi) is 1.55. The summed E-state index contributed by atoms with van der Waals surface area (Å²) in [6.07, 6.45) is 4.67. The Hall–Kier alpha value is -0.480. The Morgan fingerprint density at radius 3 is 2.88 bits per heavy atom. The lowest BCUT2D eigenvalue weighted by atomic mass is 9.95. The molecule has 0 aromatic carbocycles. The summed E-state index contributed by atoms with van der Waals surface area (Å²) in [4.78, 5) is 0. The first kappa shape index (κ1) is 5.65. The van der Waals surface area contributed by atoms with Crippen LogP contribution in [0.25, 0.3) is 0 Å². The SMILES string of the molecule is CC1=C=CCCC1C. The van der Waals surface area contributed by atoms with Crippen molar-refractivity contribution < 1.29 is 0 Å². The van der Waals surface area contributed by atoms with Crippen LogP contribution < -0.4 is 0 Å². The first-order valence-electron chi connectivity index (χ1n) is 3.22. The largest absolute Gasteiger partial charge is 0.126 e. The normalized spacial score (nSPS) is 27.8. The predicted molar refractivity (Wildman–Crippen MR) is 35.7 cm³/mol. The minimum atomic E-state index is 0.778. The van der Waals surface area contributed by atoms with E-state index in [4.69, 9.17) is 0 Å². The molecule has 1 rings (SSSR count). The van der Waals surface area contributed by atoms with E-state index in [9.17, 15) is 0 Å². The summed E-state index contributed by atoms with van der Waals surface area (Å²) in [5.74, 6) is 0.778. The van der Waals surface area contributed by atoms with Crippen LogP contribution in [-0.2, 0) is 0 Å². The number of hydrogen-bond acceptors (Lipinski definition) is 0. The summed E-state index contributed by atoms with van der Waals surface area (Å²) < 4.78 is 0. The second-order valence-electron chi connectivity index (χ2n) is 2.51. The van der Waals surface area contributed by atoms with Crippen LogP contribution in [0.15, 0.2) is 17.4 Å². The highest BCUT2D eigenvalue weighted by molar-refractivity contribution is 5.05. The zero-order valence-electron chi connectivity index (χ0n) is 5.57. The summed E-state index contributed by atoms with van der Waals surface area (Å²) in [6, 6.07) is 0. The lowest BCUT2D eigenvalue weighted by Crippen LogP contribution is -1.96. The van der Waals surface area contributed by atoms with Gasteiger partial charge in [-0.3, -0.25) is 0 Å². The molecule has 0 fully saturated rings. The number of allylic oxidation sites excluding steroid dienone is 1. The Balaban J connectivity index is 2.75. The molecule has 0 nitrogen and oxygen atoms in total. The van der Waals surface area contributed by atoms with Crippen LogP contribution >= 0.6 is 0 Å². The molecule has 0 aromatic rings.